The number of aromatic nitrogens is 1. The summed E-state index contributed by atoms with van der Waals surface area (Å²) in [5, 5.41) is 0. The van der Waals surface area contributed by atoms with Gasteiger partial charge in [0, 0.05) is 29.7 Å². The number of thiophene rings is 1. The first-order chi connectivity index (χ1) is 8.58. The van der Waals surface area contributed by atoms with Crippen molar-refractivity contribution >= 4 is 21.4 Å². The summed E-state index contributed by atoms with van der Waals surface area (Å²) in [6, 6.07) is 9.03. The van der Waals surface area contributed by atoms with Gasteiger partial charge in [-0.05, 0) is 31.2 Å². The molecule has 0 unspecified atom stereocenters. The highest BCUT2D eigenvalue weighted by Gasteiger charge is 2.15. The van der Waals surface area contributed by atoms with Gasteiger partial charge in [-0.25, -0.2) is 13.1 Å². The highest BCUT2D eigenvalue weighted by Crippen LogP contribution is 2.20. The van der Waals surface area contributed by atoms with Crippen LogP contribution in [0.2, 0.25) is 0 Å². The number of hydrogen-bond acceptors (Lipinski definition) is 4. The summed E-state index contributed by atoms with van der Waals surface area (Å²) in [6.45, 7) is 2.24. The molecule has 0 radical (unpaired) electrons. The van der Waals surface area contributed by atoms with Crippen LogP contribution in [0.3, 0.4) is 0 Å². The molecule has 4 nitrogen and oxygen atoms in total. The van der Waals surface area contributed by atoms with E-state index < -0.39 is 10.0 Å². The van der Waals surface area contributed by atoms with E-state index in [-0.39, 0.29) is 0 Å². The lowest BCUT2D eigenvalue weighted by Gasteiger charge is -2.04. The molecule has 2 aromatic heterocycles. The van der Waals surface area contributed by atoms with Gasteiger partial charge < -0.3 is 0 Å². The van der Waals surface area contributed by atoms with Crippen LogP contribution in [0.4, 0.5) is 0 Å². The smallest absolute Gasteiger partial charge is 0.250 e. The third kappa shape index (κ3) is 3.38. The molecular weight excluding hydrogens is 268 g/mol. The largest absolute Gasteiger partial charge is 0.261 e. The van der Waals surface area contributed by atoms with Crippen molar-refractivity contribution in [3.8, 4) is 0 Å². The first kappa shape index (κ1) is 13.2. The minimum Gasteiger partial charge on any atom is -0.261 e. The topological polar surface area (TPSA) is 59.1 Å². The van der Waals surface area contributed by atoms with Crippen molar-refractivity contribution in [3.05, 3.63) is 47.1 Å². The molecule has 0 bridgehead atoms. The Morgan fingerprint density at radius 1 is 1.28 bits per heavy atom. The number of pyridine rings is 1. The van der Waals surface area contributed by atoms with Crippen LogP contribution in [0.5, 0.6) is 0 Å². The fraction of sp³-hybridized carbons (Fsp3) is 0.250. The molecule has 0 aliphatic heterocycles. The van der Waals surface area contributed by atoms with Crippen LogP contribution in [0, 0.1) is 6.92 Å². The second-order valence-corrected chi connectivity index (χ2v) is 7.12. The summed E-state index contributed by atoms with van der Waals surface area (Å²) in [4.78, 5) is 5.13. The number of nitrogens with one attached hydrogen (secondary N) is 1. The fourth-order valence-electron chi connectivity index (χ4n) is 1.49. The predicted octanol–water partition coefficient (Wildman–Crippen LogP) is 1.97. The molecule has 18 heavy (non-hydrogen) atoms. The van der Waals surface area contributed by atoms with E-state index in [9.17, 15) is 8.42 Å². The molecule has 0 spiro atoms. The molecule has 0 fully saturated rings. The van der Waals surface area contributed by atoms with Crippen LogP contribution in [-0.4, -0.2) is 19.9 Å². The van der Waals surface area contributed by atoms with Crippen molar-refractivity contribution < 1.29 is 8.42 Å². The van der Waals surface area contributed by atoms with E-state index in [1.165, 1.54) is 11.3 Å². The lowest BCUT2D eigenvalue weighted by molar-refractivity contribution is 0.583. The zero-order valence-corrected chi connectivity index (χ0v) is 11.6. The quantitative estimate of drug-likeness (QED) is 0.912. The van der Waals surface area contributed by atoms with Crippen molar-refractivity contribution in [3.63, 3.8) is 0 Å². The predicted molar refractivity (Wildman–Crippen MR) is 72.2 cm³/mol. The van der Waals surface area contributed by atoms with Gasteiger partial charge >= 0.3 is 0 Å². The van der Waals surface area contributed by atoms with Crippen LogP contribution in [0.1, 0.15) is 10.6 Å². The maximum Gasteiger partial charge on any atom is 0.250 e. The molecule has 1 N–H and O–H groups in total. The molecule has 6 heteroatoms. The number of hydrogen-bond donors (Lipinski definition) is 1. The van der Waals surface area contributed by atoms with E-state index in [1.807, 2.05) is 25.1 Å². The average molecular weight is 282 g/mol. The van der Waals surface area contributed by atoms with Crippen LogP contribution in [-0.2, 0) is 16.4 Å². The summed E-state index contributed by atoms with van der Waals surface area (Å²) in [7, 11) is -3.37. The van der Waals surface area contributed by atoms with Gasteiger partial charge in [0.05, 0.1) is 0 Å². The lowest BCUT2D eigenvalue weighted by atomic mass is 10.3. The maximum absolute atomic E-state index is 11.9. The summed E-state index contributed by atoms with van der Waals surface area (Å²) < 4.78 is 26.8. The van der Waals surface area contributed by atoms with E-state index in [0.29, 0.717) is 17.2 Å². The van der Waals surface area contributed by atoms with Gasteiger partial charge in [-0.3, -0.25) is 4.98 Å². The normalized spacial score (nSPS) is 11.6. The molecule has 0 aliphatic rings. The molecule has 96 valence electrons. The van der Waals surface area contributed by atoms with Gasteiger partial charge in [0.25, 0.3) is 0 Å². The van der Waals surface area contributed by atoms with Crippen LogP contribution >= 0.6 is 11.3 Å². The Morgan fingerprint density at radius 3 is 2.72 bits per heavy atom. The Labute approximate surface area is 111 Å². The standard InChI is InChI=1S/C12H14N2O2S2/c1-10-5-6-12(17-10)18(15,16)14-9-7-11-4-2-3-8-13-11/h2-6,8,14H,7,9H2,1H3. The minimum atomic E-state index is -3.37. The molecule has 0 saturated heterocycles. The maximum atomic E-state index is 11.9. The van der Waals surface area contributed by atoms with Gasteiger partial charge in [0.2, 0.25) is 10.0 Å². The third-order valence-electron chi connectivity index (χ3n) is 2.38. The first-order valence-corrected chi connectivity index (χ1v) is 7.84. The van der Waals surface area contributed by atoms with Crippen molar-refractivity contribution in [1.29, 1.82) is 0 Å². The Morgan fingerprint density at radius 2 is 2.11 bits per heavy atom. The molecule has 0 aromatic carbocycles. The van der Waals surface area contributed by atoms with E-state index in [2.05, 4.69) is 9.71 Å². The molecule has 0 saturated carbocycles. The Hall–Kier alpha value is -1.24. The van der Waals surface area contributed by atoms with Gasteiger partial charge in [0.15, 0.2) is 0 Å². The van der Waals surface area contributed by atoms with E-state index >= 15 is 0 Å². The molecule has 0 atom stereocenters. The summed E-state index contributed by atoms with van der Waals surface area (Å²) >= 11 is 1.27. The van der Waals surface area contributed by atoms with Gasteiger partial charge in [-0.2, -0.15) is 0 Å². The Bertz CT molecular complexity index is 606. The minimum absolute atomic E-state index is 0.357. The summed E-state index contributed by atoms with van der Waals surface area (Å²) in [6.07, 6.45) is 2.29. The second kappa shape index (κ2) is 5.60. The van der Waals surface area contributed by atoms with E-state index in [0.717, 1.165) is 10.6 Å². The third-order valence-corrected chi connectivity index (χ3v) is 5.33. The van der Waals surface area contributed by atoms with Crippen LogP contribution in [0.15, 0.2) is 40.7 Å². The van der Waals surface area contributed by atoms with Crippen molar-refractivity contribution in [2.75, 3.05) is 6.54 Å². The van der Waals surface area contributed by atoms with Gasteiger partial charge in [0.1, 0.15) is 4.21 Å². The molecule has 2 aromatic rings. The Kier molecular flexibility index (Phi) is 4.11. The van der Waals surface area contributed by atoms with E-state index in [4.69, 9.17) is 0 Å². The Balaban J connectivity index is 1.94. The molecular formula is C12H14N2O2S2. The molecule has 0 aliphatic carbocycles. The highest BCUT2D eigenvalue weighted by molar-refractivity contribution is 7.91. The number of sulfonamides is 1. The average Bonchev–Trinajstić information content (AvgIpc) is 2.78. The lowest BCUT2D eigenvalue weighted by Crippen LogP contribution is -2.25. The zero-order valence-electron chi connectivity index (χ0n) is 9.96. The van der Waals surface area contributed by atoms with Crippen molar-refractivity contribution in [2.45, 2.75) is 17.6 Å². The van der Waals surface area contributed by atoms with Gasteiger partial charge in [-0.1, -0.05) is 6.07 Å². The molecule has 0 amide bonds. The fourth-order valence-corrected chi connectivity index (χ4v) is 3.85. The van der Waals surface area contributed by atoms with Gasteiger partial charge in [-0.15, -0.1) is 11.3 Å². The van der Waals surface area contributed by atoms with Crippen LogP contribution < -0.4 is 4.72 Å². The summed E-state index contributed by atoms with van der Waals surface area (Å²) in [5.74, 6) is 0. The van der Waals surface area contributed by atoms with Crippen LogP contribution in [0.25, 0.3) is 0 Å². The number of nitrogens with zero attached hydrogens (tertiary/aromatic N) is 1. The van der Waals surface area contributed by atoms with Crippen molar-refractivity contribution in [2.24, 2.45) is 0 Å². The zero-order chi connectivity index (χ0) is 13.0. The monoisotopic (exact) mass is 282 g/mol. The SMILES string of the molecule is Cc1ccc(S(=O)(=O)NCCc2ccccn2)s1. The second-order valence-electron chi connectivity index (χ2n) is 3.83. The number of aryl methyl sites for hydroxylation is 1. The molecule has 2 heterocycles. The van der Waals surface area contributed by atoms with E-state index in [1.54, 1.807) is 18.3 Å². The molecule has 2 rings (SSSR count). The summed E-state index contributed by atoms with van der Waals surface area (Å²) in [5.41, 5.74) is 0.877. The number of rotatable bonds is 5. The first-order valence-electron chi connectivity index (χ1n) is 5.54. The van der Waals surface area contributed by atoms with Crippen molar-refractivity contribution in [1.82, 2.24) is 9.71 Å². The highest BCUT2D eigenvalue weighted by atomic mass is 32.2.